The van der Waals surface area contributed by atoms with Crippen LogP contribution in [0.15, 0.2) is 59.7 Å². The number of hydrogen-bond donors (Lipinski definition) is 1. The number of imidazole rings is 1. The normalized spacial score (nSPS) is 19.1. The highest BCUT2D eigenvalue weighted by Gasteiger charge is 2.33. The Bertz CT molecular complexity index is 1500. The van der Waals surface area contributed by atoms with E-state index in [0.29, 0.717) is 29.6 Å². The first-order chi connectivity index (χ1) is 16.1. The van der Waals surface area contributed by atoms with Crippen molar-refractivity contribution in [3.63, 3.8) is 0 Å². The van der Waals surface area contributed by atoms with Crippen molar-refractivity contribution < 1.29 is 0 Å². The number of pyridine rings is 1. The Labute approximate surface area is 189 Å². The van der Waals surface area contributed by atoms with Crippen molar-refractivity contribution in [2.45, 2.75) is 26.3 Å². The van der Waals surface area contributed by atoms with Crippen LogP contribution < -0.4 is 5.56 Å². The summed E-state index contributed by atoms with van der Waals surface area (Å²) in [6, 6.07) is 13.9. The number of nitrogens with one attached hydrogen (secondary N) is 1. The number of H-pyrrole nitrogens is 1. The highest BCUT2D eigenvalue weighted by atomic mass is 16.1. The topological polar surface area (TPSA) is 96.5 Å². The second-order valence-corrected chi connectivity index (χ2v) is 8.84. The van der Waals surface area contributed by atoms with Crippen LogP contribution in [0.3, 0.4) is 0 Å². The predicted molar refractivity (Wildman–Crippen MR) is 124 cm³/mol. The summed E-state index contributed by atoms with van der Waals surface area (Å²) in [4.78, 5) is 27.4. The minimum absolute atomic E-state index is 0.103. The largest absolute Gasteiger partial charge is 0.307 e. The smallest absolute Gasteiger partial charge is 0.276 e. The van der Waals surface area contributed by atoms with Gasteiger partial charge in [0.1, 0.15) is 5.82 Å². The van der Waals surface area contributed by atoms with Crippen molar-refractivity contribution >= 4 is 11.2 Å². The summed E-state index contributed by atoms with van der Waals surface area (Å²) in [7, 11) is 0. The van der Waals surface area contributed by atoms with Gasteiger partial charge in [0.2, 0.25) is 0 Å². The van der Waals surface area contributed by atoms with E-state index in [2.05, 4.69) is 31.9 Å². The van der Waals surface area contributed by atoms with Crippen LogP contribution in [0.2, 0.25) is 0 Å². The minimum Gasteiger partial charge on any atom is -0.307 e. The van der Waals surface area contributed by atoms with Gasteiger partial charge in [-0.1, -0.05) is 37.3 Å². The van der Waals surface area contributed by atoms with E-state index < -0.39 is 0 Å². The average molecular weight is 441 g/mol. The number of likely N-dealkylation sites (tertiary alicyclic amines) is 1. The van der Waals surface area contributed by atoms with E-state index in [-0.39, 0.29) is 11.5 Å². The molecule has 0 saturated carbocycles. The molecule has 0 amide bonds. The monoisotopic (exact) mass is 440 g/mol. The molecule has 1 aromatic carbocycles. The van der Waals surface area contributed by atoms with Gasteiger partial charge in [0.15, 0.2) is 22.8 Å². The maximum absolute atomic E-state index is 12.9. The summed E-state index contributed by atoms with van der Waals surface area (Å²) in [5.74, 6) is 2.60. The predicted octanol–water partition coefficient (Wildman–Crippen LogP) is 2.67. The van der Waals surface area contributed by atoms with Crippen molar-refractivity contribution in [3.05, 3.63) is 82.4 Å². The van der Waals surface area contributed by atoms with Gasteiger partial charge in [-0.25, -0.2) is 19.0 Å². The maximum Gasteiger partial charge on any atom is 0.276 e. The molecular weight excluding hydrogens is 416 g/mol. The van der Waals surface area contributed by atoms with Crippen LogP contribution in [0.5, 0.6) is 0 Å². The number of nitrogens with zero attached hydrogens (tertiary/aromatic N) is 7. The summed E-state index contributed by atoms with van der Waals surface area (Å²) >= 11 is 0. The van der Waals surface area contributed by atoms with Crippen LogP contribution in [-0.2, 0) is 6.54 Å². The molecule has 6 rings (SSSR count). The Morgan fingerprint density at radius 2 is 1.94 bits per heavy atom. The van der Waals surface area contributed by atoms with Crippen molar-refractivity contribution in [1.82, 2.24) is 39.1 Å². The van der Waals surface area contributed by atoms with Crippen molar-refractivity contribution in [3.8, 4) is 11.4 Å². The van der Waals surface area contributed by atoms with Crippen LogP contribution in [0.1, 0.15) is 30.1 Å². The fourth-order valence-electron chi connectivity index (χ4n) is 4.79. The molecule has 2 unspecified atom stereocenters. The molecule has 2 atom stereocenters. The van der Waals surface area contributed by atoms with E-state index in [0.717, 1.165) is 35.7 Å². The summed E-state index contributed by atoms with van der Waals surface area (Å²) in [6.07, 6.45) is 3.50. The maximum atomic E-state index is 12.9. The second-order valence-electron chi connectivity index (χ2n) is 8.84. The first-order valence-electron chi connectivity index (χ1n) is 11.1. The SMILES string of the molecule is Cc1ccccc1-c1ncc2c(=O)[nH]c(C3CN(Cc4nc5ccccn5n4)CC3C)nn12. The van der Waals surface area contributed by atoms with Gasteiger partial charge in [-0.15, -0.1) is 5.10 Å². The minimum atomic E-state index is -0.167. The molecule has 5 aromatic rings. The van der Waals surface area contributed by atoms with Gasteiger partial charge in [0, 0.05) is 30.8 Å². The molecule has 5 heterocycles. The van der Waals surface area contributed by atoms with Gasteiger partial charge in [-0.05, 0) is 30.5 Å². The number of rotatable bonds is 4. The van der Waals surface area contributed by atoms with Crippen LogP contribution in [0.4, 0.5) is 0 Å². The number of aryl methyl sites for hydroxylation is 1. The Hall–Kier alpha value is -3.85. The zero-order valence-electron chi connectivity index (χ0n) is 18.5. The zero-order chi connectivity index (χ0) is 22.5. The lowest BCUT2D eigenvalue weighted by Gasteiger charge is -2.14. The fraction of sp³-hybridized carbons (Fsp3) is 0.292. The quantitative estimate of drug-likeness (QED) is 0.462. The number of aromatic amines is 1. The van der Waals surface area contributed by atoms with Crippen LogP contribution >= 0.6 is 0 Å². The Morgan fingerprint density at radius 3 is 2.79 bits per heavy atom. The number of hydrogen-bond acceptors (Lipinski definition) is 6. The standard InChI is InChI=1S/C24H24N8O/c1-15-7-3-4-8-17(15)23-25-11-19-24(33)27-22(29-32(19)23)18-13-30(12-16(18)2)14-20-26-21-9-5-6-10-31(21)28-20/h3-11,16,18H,12-14H2,1-2H3,(H,27,29,33). The third-order valence-electron chi connectivity index (χ3n) is 6.50. The molecule has 4 aromatic heterocycles. The van der Waals surface area contributed by atoms with E-state index in [9.17, 15) is 4.79 Å². The molecule has 1 fully saturated rings. The fourth-order valence-corrected chi connectivity index (χ4v) is 4.79. The van der Waals surface area contributed by atoms with Crippen molar-refractivity contribution in [1.29, 1.82) is 0 Å². The van der Waals surface area contributed by atoms with Crippen molar-refractivity contribution in [2.75, 3.05) is 13.1 Å². The van der Waals surface area contributed by atoms with Crippen LogP contribution in [-0.4, -0.2) is 52.2 Å². The van der Waals surface area contributed by atoms with Crippen LogP contribution in [0.25, 0.3) is 22.6 Å². The van der Waals surface area contributed by atoms with Gasteiger partial charge < -0.3 is 4.98 Å². The molecule has 1 N–H and O–H groups in total. The summed E-state index contributed by atoms with van der Waals surface area (Å²) in [6.45, 7) is 6.56. The lowest BCUT2D eigenvalue weighted by Crippen LogP contribution is -2.23. The van der Waals surface area contributed by atoms with E-state index in [1.54, 1.807) is 15.2 Å². The molecule has 0 spiro atoms. The third-order valence-corrected chi connectivity index (χ3v) is 6.50. The first-order valence-corrected chi connectivity index (χ1v) is 11.1. The van der Waals surface area contributed by atoms with Gasteiger partial charge in [-0.2, -0.15) is 5.10 Å². The van der Waals surface area contributed by atoms with E-state index >= 15 is 0 Å². The zero-order valence-corrected chi connectivity index (χ0v) is 18.5. The summed E-state index contributed by atoms with van der Waals surface area (Å²) in [5.41, 5.74) is 3.19. The molecule has 1 aliphatic heterocycles. The molecule has 1 saturated heterocycles. The molecule has 0 bridgehead atoms. The lowest BCUT2D eigenvalue weighted by molar-refractivity contribution is 0.310. The van der Waals surface area contributed by atoms with Gasteiger partial charge in [0.25, 0.3) is 5.56 Å². The van der Waals surface area contributed by atoms with E-state index in [4.69, 9.17) is 5.10 Å². The molecular formula is C24H24N8O. The Balaban J connectivity index is 1.32. The molecule has 1 aliphatic rings. The van der Waals surface area contributed by atoms with Crippen molar-refractivity contribution in [2.24, 2.45) is 5.92 Å². The third kappa shape index (κ3) is 3.41. The molecule has 33 heavy (non-hydrogen) atoms. The van der Waals surface area contributed by atoms with Crippen LogP contribution in [0, 0.1) is 12.8 Å². The molecule has 9 nitrogen and oxygen atoms in total. The number of benzene rings is 1. The van der Waals surface area contributed by atoms with Gasteiger partial charge >= 0.3 is 0 Å². The summed E-state index contributed by atoms with van der Waals surface area (Å²) in [5, 5.41) is 9.44. The Morgan fingerprint density at radius 1 is 1.09 bits per heavy atom. The summed E-state index contributed by atoms with van der Waals surface area (Å²) < 4.78 is 3.49. The molecule has 0 radical (unpaired) electrons. The average Bonchev–Trinajstić information content (AvgIpc) is 3.50. The van der Waals surface area contributed by atoms with Gasteiger partial charge in [-0.3, -0.25) is 9.69 Å². The number of fused-ring (bicyclic) bond motifs is 2. The first kappa shape index (κ1) is 19.8. The molecule has 9 heteroatoms. The highest BCUT2D eigenvalue weighted by molar-refractivity contribution is 5.64. The molecule has 166 valence electrons. The lowest BCUT2D eigenvalue weighted by atomic mass is 9.97. The van der Waals surface area contributed by atoms with E-state index in [1.807, 2.05) is 55.6 Å². The highest BCUT2D eigenvalue weighted by Crippen LogP contribution is 2.31. The molecule has 0 aliphatic carbocycles. The second kappa shape index (κ2) is 7.63. The van der Waals surface area contributed by atoms with E-state index in [1.165, 1.54) is 0 Å². The Kier molecular flexibility index (Phi) is 4.58. The number of aromatic nitrogens is 7. The van der Waals surface area contributed by atoms with Gasteiger partial charge in [0.05, 0.1) is 12.7 Å².